The molecule has 0 unspecified atom stereocenters. The molecule has 0 aliphatic carbocycles. The monoisotopic (exact) mass is 392 g/mol. The van der Waals surface area contributed by atoms with E-state index in [1.54, 1.807) is 31.2 Å². The van der Waals surface area contributed by atoms with Gasteiger partial charge in [0.05, 0.1) is 17.7 Å². The Morgan fingerprint density at radius 1 is 0.966 bits per heavy atom. The van der Waals surface area contributed by atoms with E-state index in [4.69, 9.17) is 4.74 Å². The predicted octanol–water partition coefficient (Wildman–Crippen LogP) is 1.80. The van der Waals surface area contributed by atoms with Gasteiger partial charge in [-0.2, -0.15) is 0 Å². The van der Waals surface area contributed by atoms with Crippen LogP contribution in [0.2, 0.25) is 0 Å². The summed E-state index contributed by atoms with van der Waals surface area (Å²) in [5.74, 6) is -1.94. The molecule has 2 aliphatic rings. The molecule has 7 nitrogen and oxygen atoms in total. The first kappa shape index (κ1) is 18.9. The topological polar surface area (TPSA) is 84.0 Å². The Balaban J connectivity index is 1.72. The molecule has 2 aromatic carbocycles. The second kappa shape index (κ2) is 7.50. The molecule has 0 spiro atoms. The van der Waals surface area contributed by atoms with Crippen molar-refractivity contribution in [2.24, 2.45) is 0 Å². The van der Waals surface area contributed by atoms with E-state index in [0.717, 1.165) is 16.0 Å². The molecule has 0 fully saturated rings. The number of imide groups is 1. The van der Waals surface area contributed by atoms with Gasteiger partial charge in [-0.15, -0.1) is 0 Å². The first-order valence-electron chi connectivity index (χ1n) is 9.49. The molecular formula is C22H20N2O5. The van der Waals surface area contributed by atoms with Gasteiger partial charge in [0.15, 0.2) is 0 Å². The largest absolute Gasteiger partial charge is 0.465 e. The van der Waals surface area contributed by atoms with Crippen LogP contribution in [0.1, 0.15) is 38.8 Å². The van der Waals surface area contributed by atoms with Crippen LogP contribution in [0.25, 0.3) is 0 Å². The first-order valence-corrected chi connectivity index (χ1v) is 9.49. The van der Waals surface area contributed by atoms with Crippen LogP contribution in [0.4, 0.5) is 0 Å². The summed E-state index contributed by atoms with van der Waals surface area (Å²) < 4.78 is 5.00. The van der Waals surface area contributed by atoms with Gasteiger partial charge in [0.1, 0.15) is 12.6 Å². The highest BCUT2D eigenvalue weighted by atomic mass is 16.5. The Kier molecular flexibility index (Phi) is 4.88. The van der Waals surface area contributed by atoms with Crippen LogP contribution in [-0.4, -0.2) is 52.7 Å². The van der Waals surface area contributed by atoms with Crippen molar-refractivity contribution in [2.75, 3.05) is 13.2 Å². The molecule has 0 aromatic heterocycles. The van der Waals surface area contributed by atoms with E-state index < -0.39 is 29.7 Å². The predicted molar refractivity (Wildman–Crippen MR) is 103 cm³/mol. The molecule has 2 aromatic rings. The number of rotatable bonds is 4. The number of esters is 1. The summed E-state index contributed by atoms with van der Waals surface area (Å²) in [6.45, 7) is 1.88. The third kappa shape index (κ3) is 3.29. The molecule has 148 valence electrons. The number of amides is 3. The van der Waals surface area contributed by atoms with E-state index in [0.29, 0.717) is 11.1 Å². The van der Waals surface area contributed by atoms with Crippen molar-refractivity contribution in [2.45, 2.75) is 25.9 Å². The Labute approximate surface area is 167 Å². The van der Waals surface area contributed by atoms with Gasteiger partial charge in [0, 0.05) is 13.0 Å². The minimum absolute atomic E-state index is 0.208. The minimum Gasteiger partial charge on any atom is -0.465 e. The van der Waals surface area contributed by atoms with Gasteiger partial charge in [0.25, 0.3) is 11.8 Å². The van der Waals surface area contributed by atoms with Crippen LogP contribution < -0.4 is 0 Å². The van der Waals surface area contributed by atoms with E-state index in [1.165, 1.54) is 4.90 Å². The lowest BCUT2D eigenvalue weighted by molar-refractivity contribution is -0.150. The van der Waals surface area contributed by atoms with Crippen molar-refractivity contribution in [3.8, 4) is 0 Å². The number of hydrogen-bond donors (Lipinski definition) is 0. The average Bonchev–Trinajstić information content (AvgIpc) is 2.88. The quantitative estimate of drug-likeness (QED) is 0.585. The van der Waals surface area contributed by atoms with Crippen molar-refractivity contribution < 1.29 is 23.9 Å². The maximum atomic E-state index is 13.4. The lowest BCUT2D eigenvalue weighted by atomic mass is 10.0. The Morgan fingerprint density at radius 2 is 1.55 bits per heavy atom. The number of benzene rings is 2. The molecule has 7 heteroatoms. The average molecular weight is 392 g/mol. The smallest absolute Gasteiger partial charge is 0.325 e. The van der Waals surface area contributed by atoms with E-state index >= 15 is 0 Å². The number of carbonyl (C=O) groups excluding carboxylic acids is 4. The van der Waals surface area contributed by atoms with Gasteiger partial charge in [-0.3, -0.25) is 24.1 Å². The van der Waals surface area contributed by atoms with Crippen LogP contribution >= 0.6 is 0 Å². The molecule has 2 aliphatic heterocycles. The van der Waals surface area contributed by atoms with Crippen LogP contribution in [0.15, 0.2) is 48.5 Å². The molecule has 0 saturated carbocycles. The Hall–Kier alpha value is -3.48. The molecular weight excluding hydrogens is 372 g/mol. The molecule has 0 radical (unpaired) electrons. The fraction of sp³-hybridized carbons (Fsp3) is 0.273. The van der Waals surface area contributed by atoms with E-state index in [1.807, 2.05) is 24.3 Å². The summed E-state index contributed by atoms with van der Waals surface area (Å²) in [6, 6.07) is 13.0. The fourth-order valence-corrected chi connectivity index (χ4v) is 3.89. The second-order valence-electron chi connectivity index (χ2n) is 7.01. The van der Waals surface area contributed by atoms with Crippen molar-refractivity contribution in [3.05, 3.63) is 70.8 Å². The number of ether oxygens (including phenoxy) is 1. The molecule has 29 heavy (non-hydrogen) atoms. The van der Waals surface area contributed by atoms with Crippen LogP contribution in [0, 0.1) is 0 Å². The lowest BCUT2D eigenvalue weighted by Crippen LogP contribution is -2.51. The SMILES string of the molecule is CCOC(=O)CN1Cc2ccccc2C[C@H](N2C(=O)c3ccccc3C2=O)C1=O. The van der Waals surface area contributed by atoms with Gasteiger partial charge in [-0.1, -0.05) is 36.4 Å². The first-order chi connectivity index (χ1) is 14.0. The molecule has 4 rings (SSSR count). The van der Waals surface area contributed by atoms with Crippen LogP contribution in [-0.2, 0) is 27.3 Å². The summed E-state index contributed by atoms with van der Waals surface area (Å²) >= 11 is 0. The summed E-state index contributed by atoms with van der Waals surface area (Å²) in [7, 11) is 0. The number of fused-ring (bicyclic) bond motifs is 2. The zero-order valence-corrected chi connectivity index (χ0v) is 16.0. The van der Waals surface area contributed by atoms with Crippen molar-refractivity contribution in [1.82, 2.24) is 9.80 Å². The third-order valence-corrected chi connectivity index (χ3v) is 5.25. The fourth-order valence-electron chi connectivity index (χ4n) is 3.89. The Bertz CT molecular complexity index is 981. The van der Waals surface area contributed by atoms with Crippen molar-refractivity contribution in [1.29, 1.82) is 0 Å². The maximum Gasteiger partial charge on any atom is 0.325 e. The zero-order valence-electron chi connectivity index (χ0n) is 16.0. The molecule has 0 saturated heterocycles. The number of nitrogens with zero attached hydrogens (tertiary/aromatic N) is 2. The van der Waals surface area contributed by atoms with E-state index in [2.05, 4.69) is 0 Å². The van der Waals surface area contributed by atoms with Crippen LogP contribution in [0.5, 0.6) is 0 Å². The van der Waals surface area contributed by atoms with Gasteiger partial charge < -0.3 is 9.64 Å². The standard InChI is InChI=1S/C22H20N2O5/c1-2-29-19(25)13-23-12-15-8-4-3-7-14(15)11-18(22(23)28)24-20(26)16-9-5-6-10-17(16)21(24)27/h3-10,18H,2,11-13H2,1H3/t18-/m0/s1. The molecule has 0 bridgehead atoms. The van der Waals surface area contributed by atoms with Crippen LogP contribution in [0.3, 0.4) is 0 Å². The van der Waals surface area contributed by atoms with Gasteiger partial charge in [-0.05, 0) is 30.2 Å². The van der Waals surface area contributed by atoms with Gasteiger partial charge in [-0.25, -0.2) is 0 Å². The summed E-state index contributed by atoms with van der Waals surface area (Å²) in [6.07, 6.45) is 0.208. The highest BCUT2D eigenvalue weighted by Crippen LogP contribution is 2.29. The van der Waals surface area contributed by atoms with E-state index in [9.17, 15) is 19.2 Å². The lowest BCUT2D eigenvalue weighted by Gasteiger charge is -2.28. The van der Waals surface area contributed by atoms with Gasteiger partial charge >= 0.3 is 5.97 Å². The maximum absolute atomic E-state index is 13.4. The highest BCUT2D eigenvalue weighted by molar-refractivity contribution is 6.22. The highest BCUT2D eigenvalue weighted by Gasteiger charge is 2.45. The second-order valence-corrected chi connectivity index (χ2v) is 7.01. The molecule has 3 amide bonds. The zero-order chi connectivity index (χ0) is 20.5. The van der Waals surface area contributed by atoms with Gasteiger partial charge in [0.2, 0.25) is 5.91 Å². The molecule has 0 N–H and O–H groups in total. The molecule has 1 atom stereocenters. The summed E-state index contributed by atoms with van der Waals surface area (Å²) in [5.41, 5.74) is 2.33. The number of carbonyl (C=O) groups is 4. The summed E-state index contributed by atoms with van der Waals surface area (Å²) in [4.78, 5) is 53.7. The molecule has 2 heterocycles. The van der Waals surface area contributed by atoms with Crippen molar-refractivity contribution >= 4 is 23.7 Å². The van der Waals surface area contributed by atoms with E-state index in [-0.39, 0.29) is 26.1 Å². The van der Waals surface area contributed by atoms with Crippen molar-refractivity contribution in [3.63, 3.8) is 0 Å². The minimum atomic E-state index is -1.01. The normalized spacial score (nSPS) is 18.4. The Morgan fingerprint density at radius 3 is 2.17 bits per heavy atom. The number of hydrogen-bond acceptors (Lipinski definition) is 5. The summed E-state index contributed by atoms with van der Waals surface area (Å²) in [5, 5.41) is 0. The third-order valence-electron chi connectivity index (χ3n) is 5.25.